The van der Waals surface area contributed by atoms with Gasteiger partial charge in [0.1, 0.15) is 0 Å². The molecule has 0 heterocycles. The molecule has 0 saturated carbocycles. The van der Waals surface area contributed by atoms with Crippen LogP contribution in [0.3, 0.4) is 0 Å². The summed E-state index contributed by atoms with van der Waals surface area (Å²) in [4.78, 5) is 23.5. The number of hydrogen-bond donors (Lipinski definition) is 0. The first-order chi connectivity index (χ1) is 9.06. The van der Waals surface area contributed by atoms with Crippen LogP contribution in [0.15, 0.2) is 48.5 Å². The predicted molar refractivity (Wildman–Crippen MR) is 88.1 cm³/mol. The molecule has 0 spiro atoms. The summed E-state index contributed by atoms with van der Waals surface area (Å²) in [5, 5.41) is 0. The molecule has 0 amide bonds. The van der Waals surface area contributed by atoms with Gasteiger partial charge in [0.25, 0.3) is 0 Å². The molecule has 2 rings (SSSR count). The number of rotatable bonds is 2. The van der Waals surface area contributed by atoms with Crippen LogP contribution in [-0.4, -0.2) is 11.9 Å². The van der Waals surface area contributed by atoms with Crippen molar-refractivity contribution in [1.29, 1.82) is 0 Å². The molecule has 19 heavy (non-hydrogen) atoms. The van der Waals surface area contributed by atoms with Crippen LogP contribution in [0.25, 0.3) is 0 Å². The van der Waals surface area contributed by atoms with Crippen LogP contribution in [-0.2, 0) is 4.74 Å². The van der Waals surface area contributed by atoms with Crippen LogP contribution in [0, 0.1) is 7.14 Å². The van der Waals surface area contributed by atoms with Gasteiger partial charge >= 0.3 is 11.9 Å². The first-order valence-corrected chi connectivity index (χ1v) is 7.49. The number of ether oxygens (including phenoxy) is 1. The van der Waals surface area contributed by atoms with Gasteiger partial charge in [-0.3, -0.25) is 0 Å². The van der Waals surface area contributed by atoms with Crippen molar-refractivity contribution in [3.8, 4) is 0 Å². The molecule has 0 aliphatic carbocycles. The van der Waals surface area contributed by atoms with E-state index < -0.39 is 11.9 Å². The Balaban J connectivity index is 2.08. The maximum absolute atomic E-state index is 11.8. The van der Waals surface area contributed by atoms with Crippen LogP contribution in [0.4, 0.5) is 0 Å². The largest absolute Gasteiger partial charge is 0.386 e. The summed E-state index contributed by atoms with van der Waals surface area (Å²) < 4.78 is 6.84. The lowest BCUT2D eigenvalue weighted by molar-refractivity contribution is 0.0398. The van der Waals surface area contributed by atoms with Crippen LogP contribution in [0.5, 0.6) is 0 Å². The van der Waals surface area contributed by atoms with E-state index in [1.54, 1.807) is 48.5 Å². The predicted octanol–water partition coefficient (Wildman–Crippen LogP) is 3.89. The molecule has 0 saturated heterocycles. The highest BCUT2D eigenvalue weighted by Gasteiger charge is 2.14. The average molecular weight is 478 g/mol. The highest BCUT2D eigenvalue weighted by Crippen LogP contribution is 2.11. The van der Waals surface area contributed by atoms with Gasteiger partial charge in [0.2, 0.25) is 0 Å². The second-order valence-corrected chi connectivity index (χ2v) is 6.18. The van der Waals surface area contributed by atoms with Gasteiger partial charge in [0, 0.05) is 7.14 Å². The van der Waals surface area contributed by atoms with E-state index in [1.807, 2.05) is 0 Å². The molecular formula is C14H8I2O3. The number of benzene rings is 2. The minimum absolute atomic E-state index is 0.360. The Labute approximate surface area is 137 Å². The lowest BCUT2D eigenvalue weighted by Gasteiger charge is -2.03. The maximum atomic E-state index is 11.8. The Morgan fingerprint density at radius 2 is 1.00 bits per heavy atom. The number of halogens is 2. The van der Waals surface area contributed by atoms with Crippen molar-refractivity contribution >= 4 is 57.1 Å². The molecule has 0 unspecified atom stereocenters. The zero-order valence-corrected chi connectivity index (χ0v) is 13.9. The lowest BCUT2D eigenvalue weighted by atomic mass is 10.2. The molecule has 0 aliphatic heterocycles. The van der Waals surface area contributed by atoms with Crippen molar-refractivity contribution in [2.24, 2.45) is 0 Å². The standard InChI is InChI=1S/C14H8I2O3/c15-11-5-1-9(2-6-11)13(17)19-14(18)10-3-7-12(16)8-4-10/h1-8H. The quantitative estimate of drug-likeness (QED) is 0.374. The molecule has 0 fully saturated rings. The van der Waals surface area contributed by atoms with Crippen molar-refractivity contribution in [3.05, 3.63) is 66.8 Å². The molecule has 0 radical (unpaired) electrons. The Morgan fingerprint density at radius 3 is 1.32 bits per heavy atom. The molecule has 5 heteroatoms. The monoisotopic (exact) mass is 478 g/mol. The van der Waals surface area contributed by atoms with E-state index in [2.05, 4.69) is 45.2 Å². The van der Waals surface area contributed by atoms with E-state index in [1.165, 1.54) is 0 Å². The smallest absolute Gasteiger partial charge is 0.346 e. The Morgan fingerprint density at radius 1 is 0.684 bits per heavy atom. The van der Waals surface area contributed by atoms with Crippen LogP contribution in [0.2, 0.25) is 0 Å². The Bertz CT molecular complexity index is 548. The fraction of sp³-hybridized carbons (Fsp3) is 0. The number of esters is 2. The molecule has 0 aliphatic rings. The van der Waals surface area contributed by atoms with E-state index in [0.29, 0.717) is 11.1 Å². The molecule has 0 atom stereocenters. The van der Waals surface area contributed by atoms with E-state index >= 15 is 0 Å². The van der Waals surface area contributed by atoms with E-state index in [4.69, 9.17) is 4.74 Å². The van der Waals surface area contributed by atoms with Gasteiger partial charge in [-0.15, -0.1) is 0 Å². The normalized spacial score (nSPS) is 10.0. The Hall–Kier alpha value is -0.960. The third-order valence-corrected chi connectivity index (χ3v) is 3.78. The van der Waals surface area contributed by atoms with Crippen LogP contribution < -0.4 is 0 Å². The molecule has 2 aromatic carbocycles. The zero-order valence-electron chi connectivity index (χ0n) is 9.60. The molecule has 96 valence electrons. The fourth-order valence-corrected chi connectivity index (χ4v) is 2.09. The van der Waals surface area contributed by atoms with E-state index in [0.717, 1.165) is 7.14 Å². The number of carbonyl (C=O) groups excluding carboxylic acids is 2. The highest BCUT2D eigenvalue weighted by molar-refractivity contribution is 14.1. The SMILES string of the molecule is O=C(OC(=O)c1ccc(I)cc1)c1ccc(I)cc1. The fourth-order valence-electron chi connectivity index (χ4n) is 1.37. The summed E-state index contributed by atoms with van der Waals surface area (Å²) in [6, 6.07) is 13.7. The average Bonchev–Trinajstić information content (AvgIpc) is 2.40. The number of hydrogen-bond acceptors (Lipinski definition) is 3. The first-order valence-electron chi connectivity index (χ1n) is 5.34. The number of carbonyl (C=O) groups is 2. The summed E-state index contributed by atoms with van der Waals surface area (Å²) in [6.07, 6.45) is 0. The van der Waals surface area contributed by atoms with Crippen molar-refractivity contribution in [2.75, 3.05) is 0 Å². The lowest BCUT2D eigenvalue weighted by Crippen LogP contribution is -2.12. The van der Waals surface area contributed by atoms with Gasteiger partial charge in [-0.05, 0) is 93.7 Å². The summed E-state index contributed by atoms with van der Waals surface area (Å²) in [5.41, 5.74) is 0.721. The van der Waals surface area contributed by atoms with Gasteiger partial charge in [0.05, 0.1) is 11.1 Å². The highest BCUT2D eigenvalue weighted by atomic mass is 127. The van der Waals surface area contributed by atoms with Gasteiger partial charge in [-0.2, -0.15) is 0 Å². The summed E-state index contributed by atoms with van der Waals surface area (Å²) in [6.45, 7) is 0. The first kappa shape index (κ1) is 14.4. The Kier molecular flexibility index (Phi) is 4.92. The zero-order chi connectivity index (χ0) is 13.8. The third-order valence-electron chi connectivity index (χ3n) is 2.35. The summed E-state index contributed by atoms with van der Waals surface area (Å²) >= 11 is 4.28. The molecular weight excluding hydrogens is 470 g/mol. The molecule has 0 bridgehead atoms. The van der Waals surface area contributed by atoms with Crippen molar-refractivity contribution in [1.82, 2.24) is 0 Å². The maximum Gasteiger partial charge on any atom is 0.346 e. The van der Waals surface area contributed by atoms with Crippen LogP contribution >= 0.6 is 45.2 Å². The summed E-state index contributed by atoms with van der Waals surface area (Å²) in [7, 11) is 0. The van der Waals surface area contributed by atoms with Gasteiger partial charge in [-0.1, -0.05) is 0 Å². The third kappa shape index (κ3) is 4.00. The van der Waals surface area contributed by atoms with Gasteiger partial charge in [-0.25, -0.2) is 9.59 Å². The minimum Gasteiger partial charge on any atom is -0.386 e. The van der Waals surface area contributed by atoms with Gasteiger partial charge < -0.3 is 4.74 Å². The molecule has 0 aromatic heterocycles. The second-order valence-electron chi connectivity index (χ2n) is 3.69. The van der Waals surface area contributed by atoms with Crippen LogP contribution in [0.1, 0.15) is 20.7 Å². The van der Waals surface area contributed by atoms with Crippen molar-refractivity contribution in [3.63, 3.8) is 0 Å². The second kappa shape index (κ2) is 6.47. The molecule has 3 nitrogen and oxygen atoms in total. The molecule has 2 aromatic rings. The topological polar surface area (TPSA) is 43.4 Å². The van der Waals surface area contributed by atoms with Crippen molar-refractivity contribution in [2.45, 2.75) is 0 Å². The minimum atomic E-state index is -0.639. The molecule has 0 N–H and O–H groups in total. The van der Waals surface area contributed by atoms with E-state index in [-0.39, 0.29) is 0 Å². The van der Waals surface area contributed by atoms with E-state index in [9.17, 15) is 9.59 Å². The van der Waals surface area contributed by atoms with Crippen molar-refractivity contribution < 1.29 is 14.3 Å². The summed E-state index contributed by atoms with van der Waals surface area (Å²) in [5.74, 6) is -1.28. The van der Waals surface area contributed by atoms with Gasteiger partial charge in [0.15, 0.2) is 0 Å².